The molecule has 0 spiro atoms. The highest BCUT2D eigenvalue weighted by atomic mass is 16.1. The number of hydrogen-bond acceptors (Lipinski definition) is 2. The third-order valence-electron chi connectivity index (χ3n) is 3.47. The Hall–Kier alpha value is -2.88. The summed E-state index contributed by atoms with van der Waals surface area (Å²) in [6, 6.07) is 18.0. The number of nitrogens with one attached hydrogen (secondary N) is 1. The normalized spacial score (nSPS) is 10.4. The van der Waals surface area contributed by atoms with Crippen LogP contribution >= 0.6 is 0 Å². The molecule has 4 nitrogen and oxygen atoms in total. The summed E-state index contributed by atoms with van der Waals surface area (Å²) in [6.07, 6.45) is 3.32. The van der Waals surface area contributed by atoms with Gasteiger partial charge in [0.1, 0.15) is 0 Å². The van der Waals surface area contributed by atoms with Crippen molar-refractivity contribution in [1.82, 2.24) is 9.78 Å². The number of carbonyl (C=O) groups excluding carboxylic acids is 1. The molecule has 1 aromatic heterocycles. The molecule has 0 saturated heterocycles. The molecule has 1 N–H and O–H groups in total. The first kappa shape index (κ1) is 14.1. The molecular formula is C18H17N3O. The van der Waals surface area contributed by atoms with E-state index in [1.807, 2.05) is 49.4 Å². The monoisotopic (exact) mass is 291 g/mol. The number of aromatic nitrogens is 2. The molecule has 0 aliphatic carbocycles. The summed E-state index contributed by atoms with van der Waals surface area (Å²) in [5.41, 5.74) is 3.62. The molecule has 2 aromatic carbocycles. The maximum Gasteiger partial charge on any atom is 0.258 e. The van der Waals surface area contributed by atoms with Crippen LogP contribution < -0.4 is 5.32 Å². The Balaban J connectivity index is 1.72. The van der Waals surface area contributed by atoms with Crippen molar-refractivity contribution in [3.8, 4) is 11.1 Å². The lowest BCUT2D eigenvalue weighted by Gasteiger charge is -2.06. The van der Waals surface area contributed by atoms with Crippen LogP contribution in [0.5, 0.6) is 0 Å². The van der Waals surface area contributed by atoms with E-state index in [1.54, 1.807) is 17.1 Å². The number of hydrogen-bond donors (Lipinski definition) is 1. The quantitative estimate of drug-likeness (QED) is 0.794. The second-order valence-corrected chi connectivity index (χ2v) is 4.98. The van der Waals surface area contributed by atoms with Gasteiger partial charge in [-0.3, -0.25) is 9.48 Å². The molecule has 0 atom stereocenters. The minimum absolute atomic E-state index is 0.146. The zero-order chi connectivity index (χ0) is 15.4. The number of amides is 1. The average Bonchev–Trinajstić information content (AvgIpc) is 3.06. The van der Waals surface area contributed by atoms with E-state index < -0.39 is 0 Å². The molecule has 0 saturated carbocycles. The van der Waals surface area contributed by atoms with Crippen molar-refractivity contribution in [1.29, 1.82) is 0 Å². The Bertz CT molecular complexity index is 761. The van der Waals surface area contributed by atoms with Crippen molar-refractivity contribution in [3.05, 3.63) is 72.6 Å². The van der Waals surface area contributed by atoms with Crippen LogP contribution in [0, 0.1) is 0 Å². The van der Waals surface area contributed by atoms with Gasteiger partial charge in [0.05, 0.1) is 11.8 Å². The van der Waals surface area contributed by atoms with Crippen LogP contribution in [0.2, 0.25) is 0 Å². The van der Waals surface area contributed by atoms with Crippen LogP contribution in [0.25, 0.3) is 11.1 Å². The van der Waals surface area contributed by atoms with Crippen LogP contribution in [-0.4, -0.2) is 15.7 Å². The first-order valence-electron chi connectivity index (χ1n) is 7.25. The highest BCUT2D eigenvalue weighted by molar-refractivity contribution is 6.04. The molecule has 110 valence electrons. The van der Waals surface area contributed by atoms with Gasteiger partial charge in [0.25, 0.3) is 5.91 Å². The van der Waals surface area contributed by atoms with Gasteiger partial charge in [-0.05, 0) is 30.2 Å². The van der Waals surface area contributed by atoms with E-state index in [0.717, 1.165) is 23.4 Å². The van der Waals surface area contributed by atoms with Gasteiger partial charge < -0.3 is 5.32 Å². The van der Waals surface area contributed by atoms with Crippen LogP contribution in [0.4, 0.5) is 5.69 Å². The molecule has 4 heteroatoms. The lowest BCUT2D eigenvalue weighted by Crippen LogP contribution is -2.11. The lowest BCUT2D eigenvalue weighted by atomic mass is 10.1. The number of anilines is 1. The van der Waals surface area contributed by atoms with Crippen molar-refractivity contribution in [3.63, 3.8) is 0 Å². The molecule has 1 amide bonds. The Morgan fingerprint density at radius 2 is 1.73 bits per heavy atom. The van der Waals surface area contributed by atoms with Crippen molar-refractivity contribution >= 4 is 11.6 Å². The minimum atomic E-state index is -0.146. The van der Waals surface area contributed by atoms with Crippen LogP contribution in [0.3, 0.4) is 0 Å². The van der Waals surface area contributed by atoms with E-state index >= 15 is 0 Å². The van der Waals surface area contributed by atoms with Crippen molar-refractivity contribution < 1.29 is 4.79 Å². The summed E-state index contributed by atoms with van der Waals surface area (Å²) in [5.74, 6) is -0.146. The maximum atomic E-state index is 12.1. The molecule has 3 aromatic rings. The SMILES string of the molecule is CCn1cc(C(=O)Nc2ccc(-c3ccccc3)cc2)cn1. The Morgan fingerprint density at radius 1 is 1.05 bits per heavy atom. The van der Waals surface area contributed by atoms with E-state index in [4.69, 9.17) is 0 Å². The summed E-state index contributed by atoms with van der Waals surface area (Å²) >= 11 is 0. The number of carbonyl (C=O) groups is 1. The van der Waals surface area contributed by atoms with Gasteiger partial charge in [0, 0.05) is 18.4 Å². The summed E-state index contributed by atoms with van der Waals surface area (Å²) in [4.78, 5) is 12.1. The second-order valence-electron chi connectivity index (χ2n) is 4.98. The largest absolute Gasteiger partial charge is 0.322 e. The van der Waals surface area contributed by atoms with E-state index in [2.05, 4.69) is 22.5 Å². The molecule has 0 bridgehead atoms. The summed E-state index contributed by atoms with van der Waals surface area (Å²) in [7, 11) is 0. The molecule has 0 radical (unpaired) electrons. The van der Waals surface area contributed by atoms with Crippen molar-refractivity contribution in [2.75, 3.05) is 5.32 Å². The molecule has 0 aliphatic heterocycles. The molecule has 0 unspecified atom stereocenters. The predicted molar refractivity (Wildman–Crippen MR) is 87.7 cm³/mol. The van der Waals surface area contributed by atoms with Crippen LogP contribution in [-0.2, 0) is 6.54 Å². The lowest BCUT2D eigenvalue weighted by molar-refractivity contribution is 0.102. The van der Waals surface area contributed by atoms with Gasteiger partial charge in [0.15, 0.2) is 0 Å². The van der Waals surface area contributed by atoms with Gasteiger partial charge >= 0.3 is 0 Å². The third-order valence-corrected chi connectivity index (χ3v) is 3.47. The van der Waals surface area contributed by atoms with Gasteiger partial charge in [-0.2, -0.15) is 5.10 Å². The molecule has 1 heterocycles. The van der Waals surface area contributed by atoms with Crippen molar-refractivity contribution in [2.45, 2.75) is 13.5 Å². The number of benzene rings is 2. The van der Waals surface area contributed by atoms with Gasteiger partial charge in [-0.25, -0.2) is 0 Å². The molecular weight excluding hydrogens is 274 g/mol. The van der Waals surface area contributed by atoms with Crippen LogP contribution in [0.15, 0.2) is 67.0 Å². The summed E-state index contributed by atoms with van der Waals surface area (Å²) in [5, 5.41) is 6.99. The van der Waals surface area contributed by atoms with Crippen LogP contribution in [0.1, 0.15) is 17.3 Å². The maximum absolute atomic E-state index is 12.1. The fourth-order valence-corrected chi connectivity index (χ4v) is 2.23. The number of nitrogens with zero attached hydrogens (tertiary/aromatic N) is 2. The highest BCUT2D eigenvalue weighted by Crippen LogP contribution is 2.21. The van der Waals surface area contributed by atoms with E-state index in [0.29, 0.717) is 5.56 Å². The third kappa shape index (κ3) is 3.06. The fraction of sp³-hybridized carbons (Fsp3) is 0.111. The predicted octanol–water partition coefficient (Wildman–Crippen LogP) is 3.82. The van der Waals surface area contributed by atoms with Gasteiger partial charge in [0.2, 0.25) is 0 Å². The van der Waals surface area contributed by atoms with E-state index in [9.17, 15) is 4.79 Å². The first-order valence-corrected chi connectivity index (χ1v) is 7.25. The summed E-state index contributed by atoms with van der Waals surface area (Å²) in [6.45, 7) is 2.73. The average molecular weight is 291 g/mol. The zero-order valence-electron chi connectivity index (χ0n) is 12.4. The van der Waals surface area contributed by atoms with Gasteiger partial charge in [-0.1, -0.05) is 42.5 Å². The zero-order valence-corrected chi connectivity index (χ0v) is 12.4. The minimum Gasteiger partial charge on any atom is -0.322 e. The molecule has 22 heavy (non-hydrogen) atoms. The Labute approximate surface area is 129 Å². The Kier molecular flexibility index (Phi) is 4.01. The second kappa shape index (κ2) is 6.26. The topological polar surface area (TPSA) is 46.9 Å². The van der Waals surface area contributed by atoms with E-state index in [-0.39, 0.29) is 5.91 Å². The van der Waals surface area contributed by atoms with E-state index in [1.165, 1.54) is 0 Å². The Morgan fingerprint density at radius 3 is 2.36 bits per heavy atom. The molecule has 0 fully saturated rings. The standard InChI is InChI=1S/C18H17N3O/c1-2-21-13-16(12-19-21)18(22)20-17-10-8-15(9-11-17)14-6-4-3-5-7-14/h3-13H,2H2,1H3,(H,20,22). The smallest absolute Gasteiger partial charge is 0.258 e. The molecule has 0 aliphatic rings. The summed E-state index contributed by atoms with van der Waals surface area (Å²) < 4.78 is 1.73. The van der Waals surface area contributed by atoms with Crippen molar-refractivity contribution in [2.24, 2.45) is 0 Å². The van der Waals surface area contributed by atoms with Gasteiger partial charge in [-0.15, -0.1) is 0 Å². The highest BCUT2D eigenvalue weighted by Gasteiger charge is 2.08. The first-order chi connectivity index (χ1) is 10.8. The number of rotatable bonds is 4. The number of aryl methyl sites for hydroxylation is 1. The molecule has 3 rings (SSSR count). The fourth-order valence-electron chi connectivity index (χ4n) is 2.23.